The molecule has 180 valence electrons. The van der Waals surface area contributed by atoms with Crippen LogP contribution in [0.3, 0.4) is 0 Å². The monoisotopic (exact) mass is 493 g/mol. The lowest BCUT2D eigenvalue weighted by atomic mass is 10.1. The summed E-state index contributed by atoms with van der Waals surface area (Å²) in [5.74, 6) is -1.43. The number of ether oxygens (including phenoxy) is 1. The van der Waals surface area contributed by atoms with Crippen LogP contribution in [0.25, 0.3) is 16.6 Å². The molecule has 4 aromatic rings. The third-order valence-corrected chi connectivity index (χ3v) is 6.56. The zero-order valence-corrected chi connectivity index (χ0v) is 20.6. The van der Waals surface area contributed by atoms with Gasteiger partial charge in [-0.2, -0.15) is 0 Å². The van der Waals surface area contributed by atoms with Crippen LogP contribution in [-0.2, 0) is 4.74 Å². The number of hydrogen-bond donors (Lipinski definition) is 1. The van der Waals surface area contributed by atoms with Crippen LogP contribution in [-0.4, -0.2) is 38.6 Å². The van der Waals surface area contributed by atoms with E-state index in [1.54, 1.807) is 64.1 Å². The second kappa shape index (κ2) is 9.87. The molecule has 9 heteroatoms. The second-order valence-corrected chi connectivity index (χ2v) is 8.99. The van der Waals surface area contributed by atoms with Gasteiger partial charge in [0.05, 0.1) is 40.1 Å². The van der Waals surface area contributed by atoms with Crippen molar-refractivity contribution in [2.75, 3.05) is 12.4 Å². The van der Waals surface area contributed by atoms with Crippen molar-refractivity contribution in [2.45, 2.75) is 32.9 Å². The van der Waals surface area contributed by atoms with Crippen LogP contribution in [0.4, 0.5) is 4.39 Å². The molecule has 2 aromatic carbocycles. The Kier molecular flexibility index (Phi) is 6.88. The number of carbonyl (C=O) groups excluding carboxylic acids is 2. The predicted molar refractivity (Wildman–Crippen MR) is 133 cm³/mol. The Morgan fingerprint density at radius 2 is 1.80 bits per heavy atom. The van der Waals surface area contributed by atoms with Crippen molar-refractivity contribution in [1.82, 2.24) is 14.5 Å². The van der Waals surface area contributed by atoms with Gasteiger partial charge in [0.25, 0.3) is 5.56 Å². The third kappa shape index (κ3) is 4.64. The van der Waals surface area contributed by atoms with Crippen molar-refractivity contribution in [1.29, 1.82) is 0 Å². The summed E-state index contributed by atoms with van der Waals surface area (Å²) < 4.78 is 20.8. The second-order valence-electron chi connectivity index (χ2n) is 8.04. The molecule has 1 N–H and O–H groups in total. The summed E-state index contributed by atoms with van der Waals surface area (Å²) in [6.45, 7) is 6.94. The number of aryl methyl sites for hydroxylation is 3. The van der Waals surface area contributed by atoms with Gasteiger partial charge in [-0.3, -0.25) is 14.2 Å². The SMILES string of the molecule is CCOC(=O)c1c(C)[nH]c(C)c1C(=O)CSc1nc2ccccc2c(=O)n1-c1ccc(C)c(F)c1. The number of H-pyrrole nitrogens is 1. The van der Waals surface area contributed by atoms with Crippen LogP contribution in [0.5, 0.6) is 0 Å². The average Bonchev–Trinajstić information content (AvgIpc) is 3.13. The van der Waals surface area contributed by atoms with Gasteiger partial charge in [0.15, 0.2) is 10.9 Å². The van der Waals surface area contributed by atoms with Gasteiger partial charge in [-0.1, -0.05) is 30.0 Å². The molecular formula is C26H24FN3O4S. The highest BCUT2D eigenvalue weighted by molar-refractivity contribution is 7.99. The fourth-order valence-corrected chi connectivity index (χ4v) is 4.83. The quantitative estimate of drug-likeness (QED) is 0.170. The number of halogens is 1. The number of aromatic nitrogens is 3. The highest BCUT2D eigenvalue weighted by Crippen LogP contribution is 2.26. The predicted octanol–water partition coefficient (Wildman–Crippen LogP) is 4.93. The van der Waals surface area contributed by atoms with E-state index in [1.807, 2.05) is 0 Å². The lowest BCUT2D eigenvalue weighted by Crippen LogP contribution is -2.22. The molecule has 0 unspecified atom stereocenters. The lowest BCUT2D eigenvalue weighted by Gasteiger charge is -2.14. The summed E-state index contributed by atoms with van der Waals surface area (Å²) >= 11 is 1.05. The molecule has 0 saturated heterocycles. The Balaban J connectivity index is 1.76. The van der Waals surface area contributed by atoms with E-state index in [2.05, 4.69) is 9.97 Å². The minimum atomic E-state index is -0.571. The number of carbonyl (C=O) groups is 2. The van der Waals surface area contributed by atoms with E-state index in [0.717, 1.165) is 11.8 Å². The molecule has 0 aliphatic carbocycles. The van der Waals surface area contributed by atoms with E-state index >= 15 is 0 Å². The normalized spacial score (nSPS) is 11.1. The summed E-state index contributed by atoms with van der Waals surface area (Å²) in [4.78, 5) is 46.7. The van der Waals surface area contributed by atoms with Crippen LogP contribution in [0.1, 0.15) is 44.6 Å². The Labute approximate surface area is 205 Å². The number of nitrogens with one attached hydrogen (secondary N) is 1. The zero-order valence-electron chi connectivity index (χ0n) is 19.8. The maximum atomic E-state index is 14.4. The smallest absolute Gasteiger partial charge is 0.340 e. The van der Waals surface area contributed by atoms with Gasteiger partial charge in [0.2, 0.25) is 0 Å². The first kappa shape index (κ1) is 24.4. The van der Waals surface area contributed by atoms with Gasteiger partial charge in [-0.05, 0) is 57.5 Å². The molecule has 0 saturated carbocycles. The first-order chi connectivity index (χ1) is 16.7. The van der Waals surface area contributed by atoms with Crippen LogP contribution in [0, 0.1) is 26.6 Å². The van der Waals surface area contributed by atoms with E-state index in [4.69, 9.17) is 4.74 Å². The molecule has 0 atom stereocenters. The summed E-state index contributed by atoms with van der Waals surface area (Å²) in [6.07, 6.45) is 0. The average molecular weight is 494 g/mol. The minimum Gasteiger partial charge on any atom is -0.462 e. The molecular weight excluding hydrogens is 469 g/mol. The molecule has 0 aliphatic rings. The Hall–Kier alpha value is -3.72. The van der Waals surface area contributed by atoms with Crippen LogP contribution < -0.4 is 5.56 Å². The van der Waals surface area contributed by atoms with E-state index in [1.165, 1.54) is 10.6 Å². The standard InChI is InChI=1S/C26H24FN3O4S/c1-5-34-25(33)23-16(4)28-15(3)22(23)21(31)13-35-26-29-20-9-7-6-8-18(20)24(32)30(26)17-11-10-14(2)19(27)12-17/h6-12,28H,5,13H2,1-4H3. The van der Waals surface area contributed by atoms with Gasteiger partial charge < -0.3 is 9.72 Å². The molecule has 0 bridgehead atoms. The summed E-state index contributed by atoms with van der Waals surface area (Å²) in [7, 11) is 0. The molecule has 0 fully saturated rings. The molecule has 7 nitrogen and oxygen atoms in total. The number of rotatable bonds is 7. The van der Waals surface area contributed by atoms with E-state index in [0.29, 0.717) is 33.5 Å². The van der Waals surface area contributed by atoms with Crippen molar-refractivity contribution in [3.63, 3.8) is 0 Å². The van der Waals surface area contributed by atoms with Gasteiger partial charge in [-0.25, -0.2) is 14.2 Å². The number of hydrogen-bond acceptors (Lipinski definition) is 6. The maximum Gasteiger partial charge on any atom is 0.340 e. The Morgan fingerprint density at radius 1 is 1.09 bits per heavy atom. The zero-order chi connectivity index (χ0) is 25.3. The van der Waals surface area contributed by atoms with E-state index in [-0.39, 0.29) is 40.0 Å². The van der Waals surface area contributed by atoms with Crippen LogP contribution in [0.15, 0.2) is 52.4 Å². The molecule has 35 heavy (non-hydrogen) atoms. The molecule has 0 amide bonds. The number of esters is 1. The third-order valence-electron chi connectivity index (χ3n) is 5.62. The number of Topliss-reactive ketones (excluding diaryl/α,β-unsaturated/α-hetero) is 1. The van der Waals surface area contributed by atoms with Crippen molar-refractivity contribution < 1.29 is 18.7 Å². The topological polar surface area (TPSA) is 94.1 Å². The fraction of sp³-hybridized carbons (Fsp3) is 0.231. The summed E-state index contributed by atoms with van der Waals surface area (Å²) in [5, 5.41) is 0.624. The number of fused-ring (bicyclic) bond motifs is 1. The van der Waals surface area contributed by atoms with Gasteiger partial charge in [0.1, 0.15) is 5.82 Å². The molecule has 2 aromatic heterocycles. The molecule has 0 spiro atoms. The van der Waals surface area contributed by atoms with E-state index < -0.39 is 11.8 Å². The van der Waals surface area contributed by atoms with Crippen molar-refractivity contribution in [2.24, 2.45) is 0 Å². The van der Waals surface area contributed by atoms with Crippen molar-refractivity contribution >= 4 is 34.4 Å². The first-order valence-electron chi connectivity index (χ1n) is 11.0. The Bertz CT molecular complexity index is 1520. The summed E-state index contributed by atoms with van der Waals surface area (Å²) in [5.41, 5.74) is 2.43. The summed E-state index contributed by atoms with van der Waals surface area (Å²) in [6, 6.07) is 11.4. The minimum absolute atomic E-state index is 0.0936. The number of aromatic amines is 1. The Morgan fingerprint density at radius 3 is 2.51 bits per heavy atom. The molecule has 0 aliphatic heterocycles. The van der Waals surface area contributed by atoms with Crippen molar-refractivity contribution in [3.8, 4) is 5.69 Å². The lowest BCUT2D eigenvalue weighted by molar-refractivity contribution is 0.0522. The highest BCUT2D eigenvalue weighted by Gasteiger charge is 2.26. The van der Waals surface area contributed by atoms with Crippen molar-refractivity contribution in [3.05, 3.63) is 86.7 Å². The number of thioether (sulfide) groups is 1. The number of nitrogens with zero attached hydrogens (tertiary/aromatic N) is 2. The highest BCUT2D eigenvalue weighted by atomic mass is 32.2. The fourth-order valence-electron chi connectivity index (χ4n) is 3.95. The molecule has 0 radical (unpaired) electrons. The van der Waals surface area contributed by atoms with Crippen LogP contribution >= 0.6 is 11.8 Å². The molecule has 4 rings (SSSR count). The molecule has 2 heterocycles. The number of para-hydroxylation sites is 1. The first-order valence-corrected chi connectivity index (χ1v) is 12.0. The van der Waals surface area contributed by atoms with Gasteiger partial charge in [-0.15, -0.1) is 0 Å². The van der Waals surface area contributed by atoms with Crippen LogP contribution in [0.2, 0.25) is 0 Å². The number of benzene rings is 2. The maximum absolute atomic E-state index is 14.4. The number of ketones is 1. The van der Waals surface area contributed by atoms with Gasteiger partial charge >= 0.3 is 5.97 Å². The van der Waals surface area contributed by atoms with E-state index in [9.17, 15) is 18.8 Å². The largest absolute Gasteiger partial charge is 0.462 e. The van der Waals surface area contributed by atoms with Gasteiger partial charge in [0, 0.05) is 11.4 Å².